The van der Waals surface area contributed by atoms with Crippen LogP contribution < -0.4 is 15.4 Å². The number of nitrogens with zero attached hydrogens (tertiary/aromatic N) is 1. The number of carbonyl (C=O) groups is 1. The van der Waals surface area contributed by atoms with E-state index in [1.807, 2.05) is 38.1 Å². The van der Waals surface area contributed by atoms with Crippen LogP contribution in [0.25, 0.3) is 0 Å². The maximum atomic E-state index is 12.9. The molecule has 0 unspecified atom stereocenters. The summed E-state index contributed by atoms with van der Waals surface area (Å²) < 4.78 is 18.5. The lowest BCUT2D eigenvalue weighted by atomic mass is 10.1. The number of hydrogen-bond acceptors (Lipinski definition) is 4. The maximum Gasteiger partial charge on any atom is 0.252 e. The summed E-state index contributed by atoms with van der Waals surface area (Å²) >= 11 is 0. The highest BCUT2D eigenvalue weighted by atomic mass is 19.1. The van der Waals surface area contributed by atoms with E-state index >= 15 is 0 Å². The van der Waals surface area contributed by atoms with Gasteiger partial charge in [0.1, 0.15) is 17.4 Å². The second kappa shape index (κ2) is 9.68. The summed E-state index contributed by atoms with van der Waals surface area (Å²) in [5.74, 6) is 0.996. The SMILES string of the molecule is CC(C)Oc1ccc(Nc2ccc(C(=O)NCCc3ccc(F)cc3)cn2)cc1. The number of ether oxygens (including phenoxy) is 1. The van der Waals surface area contributed by atoms with Crippen LogP contribution in [-0.4, -0.2) is 23.5 Å². The van der Waals surface area contributed by atoms with E-state index in [2.05, 4.69) is 15.6 Å². The Kier molecular flexibility index (Phi) is 6.79. The number of halogens is 1. The molecular formula is C23H24FN3O2. The van der Waals surface area contributed by atoms with Crippen molar-refractivity contribution in [2.45, 2.75) is 26.4 Å². The molecule has 0 aliphatic heterocycles. The van der Waals surface area contributed by atoms with E-state index in [1.54, 1.807) is 24.3 Å². The molecular weight excluding hydrogens is 369 g/mol. The van der Waals surface area contributed by atoms with Gasteiger partial charge in [0.25, 0.3) is 5.91 Å². The average molecular weight is 393 g/mol. The zero-order valence-electron chi connectivity index (χ0n) is 16.5. The van der Waals surface area contributed by atoms with Crippen molar-refractivity contribution in [1.82, 2.24) is 10.3 Å². The van der Waals surface area contributed by atoms with Gasteiger partial charge in [0.2, 0.25) is 0 Å². The van der Waals surface area contributed by atoms with Crippen LogP contribution in [0.2, 0.25) is 0 Å². The Hall–Kier alpha value is -3.41. The summed E-state index contributed by atoms with van der Waals surface area (Å²) in [6, 6.07) is 17.3. The molecule has 0 aliphatic carbocycles. The lowest BCUT2D eigenvalue weighted by molar-refractivity contribution is 0.0954. The zero-order chi connectivity index (χ0) is 20.6. The van der Waals surface area contributed by atoms with Gasteiger partial charge in [-0.3, -0.25) is 4.79 Å². The van der Waals surface area contributed by atoms with Crippen molar-refractivity contribution in [3.8, 4) is 5.75 Å². The maximum absolute atomic E-state index is 12.9. The highest BCUT2D eigenvalue weighted by Crippen LogP contribution is 2.20. The molecule has 29 heavy (non-hydrogen) atoms. The Balaban J connectivity index is 1.49. The molecule has 0 saturated heterocycles. The van der Waals surface area contributed by atoms with Crippen molar-refractivity contribution in [1.29, 1.82) is 0 Å². The van der Waals surface area contributed by atoms with Crippen molar-refractivity contribution in [2.24, 2.45) is 0 Å². The molecule has 1 heterocycles. The molecule has 1 aromatic heterocycles. The third-order valence-electron chi connectivity index (χ3n) is 4.14. The first-order valence-electron chi connectivity index (χ1n) is 9.52. The minimum absolute atomic E-state index is 0.129. The summed E-state index contributed by atoms with van der Waals surface area (Å²) in [6.45, 7) is 4.43. The second-order valence-electron chi connectivity index (χ2n) is 6.88. The zero-order valence-corrected chi connectivity index (χ0v) is 16.5. The Bertz CT molecular complexity index is 924. The van der Waals surface area contributed by atoms with Gasteiger partial charge in [0.15, 0.2) is 0 Å². The summed E-state index contributed by atoms with van der Waals surface area (Å²) in [5.41, 5.74) is 2.33. The molecule has 0 bridgehead atoms. The van der Waals surface area contributed by atoms with Crippen LogP contribution in [-0.2, 0) is 6.42 Å². The number of aromatic nitrogens is 1. The smallest absolute Gasteiger partial charge is 0.252 e. The summed E-state index contributed by atoms with van der Waals surface area (Å²) in [7, 11) is 0. The van der Waals surface area contributed by atoms with Gasteiger partial charge in [-0.05, 0) is 74.4 Å². The third-order valence-corrected chi connectivity index (χ3v) is 4.14. The average Bonchev–Trinajstić information content (AvgIpc) is 2.71. The minimum Gasteiger partial charge on any atom is -0.491 e. The van der Waals surface area contributed by atoms with Gasteiger partial charge in [-0.2, -0.15) is 0 Å². The first-order chi connectivity index (χ1) is 14.0. The van der Waals surface area contributed by atoms with Gasteiger partial charge >= 0.3 is 0 Å². The molecule has 0 fully saturated rings. The monoisotopic (exact) mass is 393 g/mol. The van der Waals surface area contributed by atoms with E-state index in [4.69, 9.17) is 4.74 Å². The van der Waals surface area contributed by atoms with E-state index in [9.17, 15) is 9.18 Å². The topological polar surface area (TPSA) is 63.2 Å². The van der Waals surface area contributed by atoms with Gasteiger partial charge in [0.05, 0.1) is 11.7 Å². The molecule has 0 radical (unpaired) electrons. The lowest BCUT2D eigenvalue weighted by Gasteiger charge is -2.11. The summed E-state index contributed by atoms with van der Waals surface area (Å²) in [5, 5.41) is 6.04. The highest BCUT2D eigenvalue weighted by molar-refractivity contribution is 5.94. The van der Waals surface area contributed by atoms with Crippen molar-refractivity contribution in [2.75, 3.05) is 11.9 Å². The molecule has 150 valence electrons. The molecule has 3 rings (SSSR count). The number of rotatable bonds is 8. The number of anilines is 2. The number of benzene rings is 2. The quantitative estimate of drug-likeness (QED) is 0.581. The van der Waals surface area contributed by atoms with E-state index in [-0.39, 0.29) is 17.8 Å². The van der Waals surface area contributed by atoms with Crippen LogP contribution >= 0.6 is 0 Å². The Morgan fingerprint density at radius 1 is 1.03 bits per heavy atom. The number of nitrogens with one attached hydrogen (secondary N) is 2. The molecule has 2 aromatic carbocycles. The van der Waals surface area contributed by atoms with E-state index in [0.717, 1.165) is 17.0 Å². The number of amides is 1. The minimum atomic E-state index is -0.266. The summed E-state index contributed by atoms with van der Waals surface area (Å²) in [6.07, 6.45) is 2.30. The van der Waals surface area contributed by atoms with Crippen molar-refractivity contribution < 1.29 is 13.9 Å². The van der Waals surface area contributed by atoms with Crippen LogP contribution in [0, 0.1) is 5.82 Å². The molecule has 1 amide bonds. The number of hydrogen-bond donors (Lipinski definition) is 2. The molecule has 6 heteroatoms. The van der Waals surface area contributed by atoms with Crippen LogP contribution in [0.3, 0.4) is 0 Å². The Morgan fingerprint density at radius 3 is 2.38 bits per heavy atom. The van der Waals surface area contributed by atoms with Crippen molar-refractivity contribution in [3.05, 3.63) is 83.8 Å². The fraction of sp³-hybridized carbons (Fsp3) is 0.217. The molecule has 5 nitrogen and oxygen atoms in total. The second-order valence-corrected chi connectivity index (χ2v) is 6.88. The Morgan fingerprint density at radius 2 is 1.76 bits per heavy atom. The number of pyridine rings is 1. The van der Waals surface area contributed by atoms with Gasteiger partial charge in [-0.25, -0.2) is 9.37 Å². The van der Waals surface area contributed by atoms with Crippen LogP contribution in [0.1, 0.15) is 29.8 Å². The number of carbonyl (C=O) groups excluding carboxylic acids is 1. The van der Waals surface area contributed by atoms with Crippen molar-refractivity contribution in [3.63, 3.8) is 0 Å². The largest absolute Gasteiger partial charge is 0.491 e. The molecule has 2 N–H and O–H groups in total. The van der Waals surface area contributed by atoms with E-state index < -0.39 is 0 Å². The first-order valence-corrected chi connectivity index (χ1v) is 9.52. The van der Waals surface area contributed by atoms with Gasteiger partial charge in [-0.1, -0.05) is 12.1 Å². The predicted octanol–water partition coefficient (Wildman–Crippen LogP) is 4.72. The van der Waals surface area contributed by atoms with Crippen LogP contribution in [0.4, 0.5) is 15.9 Å². The summed E-state index contributed by atoms with van der Waals surface area (Å²) in [4.78, 5) is 16.5. The van der Waals surface area contributed by atoms with E-state index in [0.29, 0.717) is 24.3 Å². The van der Waals surface area contributed by atoms with Gasteiger partial charge < -0.3 is 15.4 Å². The molecule has 3 aromatic rings. The van der Waals surface area contributed by atoms with Gasteiger partial charge in [-0.15, -0.1) is 0 Å². The van der Waals surface area contributed by atoms with Crippen molar-refractivity contribution >= 4 is 17.4 Å². The fourth-order valence-electron chi connectivity index (χ4n) is 2.71. The third kappa shape index (κ3) is 6.31. The first kappa shape index (κ1) is 20.3. The standard InChI is InChI=1S/C23H24FN3O2/c1-16(2)29-21-10-8-20(9-11-21)27-22-12-5-18(15-26-22)23(28)25-14-13-17-3-6-19(24)7-4-17/h3-12,15-16H,13-14H2,1-2H3,(H,25,28)(H,26,27). The molecule has 0 saturated carbocycles. The Labute approximate surface area is 169 Å². The predicted molar refractivity (Wildman–Crippen MR) is 112 cm³/mol. The van der Waals surface area contributed by atoms with Crippen LogP contribution in [0.15, 0.2) is 66.9 Å². The fourth-order valence-corrected chi connectivity index (χ4v) is 2.71. The normalized spacial score (nSPS) is 10.6. The van der Waals surface area contributed by atoms with Crippen LogP contribution in [0.5, 0.6) is 5.75 Å². The van der Waals surface area contributed by atoms with E-state index in [1.165, 1.54) is 18.3 Å². The highest BCUT2D eigenvalue weighted by Gasteiger charge is 2.06. The van der Waals surface area contributed by atoms with Gasteiger partial charge in [0, 0.05) is 18.4 Å². The molecule has 0 atom stereocenters. The molecule has 0 spiro atoms. The molecule has 0 aliphatic rings. The lowest BCUT2D eigenvalue weighted by Crippen LogP contribution is -2.25.